The predicted octanol–water partition coefficient (Wildman–Crippen LogP) is 5.79. The van der Waals surface area contributed by atoms with Crippen LogP contribution in [0.25, 0.3) is 0 Å². The summed E-state index contributed by atoms with van der Waals surface area (Å²) in [4.78, 5) is 0. The normalized spacial score (nSPS) is 38.2. The molecule has 2 aliphatic carbocycles. The first kappa shape index (κ1) is 18.1. The Morgan fingerprint density at radius 2 is 1.75 bits per heavy atom. The smallest absolute Gasteiger partial charge is 0.160 e. The van der Waals surface area contributed by atoms with Gasteiger partial charge in [-0.1, -0.05) is 18.2 Å². The number of halogens is 1. The lowest BCUT2D eigenvalue weighted by Crippen LogP contribution is -2.39. The van der Waals surface area contributed by atoms with Gasteiger partial charge in [-0.25, -0.2) is 4.39 Å². The van der Waals surface area contributed by atoms with E-state index in [1.165, 1.54) is 25.7 Å². The molecule has 1 atom stereocenters. The first-order chi connectivity index (χ1) is 11.8. The molecular formula is C21H33FO2. The van der Waals surface area contributed by atoms with Crippen LogP contribution in [-0.2, 0) is 9.47 Å². The molecule has 0 amide bonds. The van der Waals surface area contributed by atoms with Crippen molar-refractivity contribution in [2.75, 3.05) is 13.2 Å². The van der Waals surface area contributed by atoms with Crippen LogP contribution in [0.1, 0.15) is 64.7 Å². The average molecular weight is 336 g/mol. The molecule has 0 radical (unpaired) electrons. The molecule has 0 aromatic heterocycles. The van der Waals surface area contributed by atoms with Crippen molar-refractivity contribution in [2.24, 2.45) is 23.7 Å². The van der Waals surface area contributed by atoms with E-state index in [1.54, 1.807) is 0 Å². The van der Waals surface area contributed by atoms with Gasteiger partial charge in [-0.05, 0) is 76.5 Å². The van der Waals surface area contributed by atoms with E-state index in [1.807, 2.05) is 6.08 Å². The zero-order valence-electron chi connectivity index (χ0n) is 15.1. The maximum atomic E-state index is 13.2. The van der Waals surface area contributed by atoms with Gasteiger partial charge in [-0.3, -0.25) is 0 Å². The summed E-state index contributed by atoms with van der Waals surface area (Å²) in [6.45, 7) is 3.78. The van der Waals surface area contributed by atoms with Gasteiger partial charge in [0, 0.05) is 11.8 Å². The Kier molecular flexibility index (Phi) is 6.91. The molecule has 136 valence electrons. The second kappa shape index (κ2) is 9.15. The van der Waals surface area contributed by atoms with Gasteiger partial charge in [0.2, 0.25) is 0 Å². The van der Waals surface area contributed by atoms with Crippen LogP contribution in [0, 0.1) is 23.7 Å². The maximum Gasteiger partial charge on any atom is 0.160 e. The first-order valence-electron chi connectivity index (χ1n) is 9.95. The van der Waals surface area contributed by atoms with Crippen molar-refractivity contribution >= 4 is 0 Å². The highest BCUT2D eigenvalue weighted by molar-refractivity contribution is 4.99. The van der Waals surface area contributed by atoms with Crippen LogP contribution in [0.4, 0.5) is 4.39 Å². The van der Waals surface area contributed by atoms with E-state index in [0.29, 0.717) is 24.2 Å². The first-order valence-corrected chi connectivity index (χ1v) is 9.95. The lowest BCUT2D eigenvalue weighted by Gasteiger charge is -2.39. The molecule has 24 heavy (non-hydrogen) atoms. The highest BCUT2D eigenvalue weighted by Crippen LogP contribution is 2.41. The molecule has 3 rings (SSSR count). The average Bonchev–Trinajstić information content (AvgIpc) is 2.63. The topological polar surface area (TPSA) is 18.5 Å². The molecular weight excluding hydrogens is 303 g/mol. The highest BCUT2D eigenvalue weighted by atomic mass is 19.1. The van der Waals surface area contributed by atoms with Gasteiger partial charge in [-0.2, -0.15) is 0 Å². The summed E-state index contributed by atoms with van der Waals surface area (Å²) in [5.74, 6) is 2.71. The second-order valence-corrected chi connectivity index (χ2v) is 7.91. The highest BCUT2D eigenvalue weighted by Gasteiger charge is 2.34. The Morgan fingerprint density at radius 1 is 1.04 bits per heavy atom. The summed E-state index contributed by atoms with van der Waals surface area (Å²) in [7, 11) is 0. The van der Waals surface area contributed by atoms with E-state index in [9.17, 15) is 4.39 Å². The Hall–Kier alpha value is -0.670. The molecule has 0 bridgehead atoms. The fourth-order valence-electron chi connectivity index (χ4n) is 4.63. The van der Waals surface area contributed by atoms with Gasteiger partial charge in [0.25, 0.3) is 0 Å². The molecule has 3 aliphatic rings. The largest absolute Gasteiger partial charge is 0.352 e. The van der Waals surface area contributed by atoms with Crippen LogP contribution >= 0.6 is 0 Å². The fourth-order valence-corrected chi connectivity index (χ4v) is 4.63. The zero-order valence-corrected chi connectivity index (χ0v) is 15.1. The zero-order chi connectivity index (χ0) is 16.8. The van der Waals surface area contributed by atoms with E-state index in [-0.39, 0.29) is 12.1 Å². The van der Waals surface area contributed by atoms with Crippen molar-refractivity contribution in [3.8, 4) is 0 Å². The van der Waals surface area contributed by atoms with Crippen molar-refractivity contribution < 1.29 is 13.9 Å². The van der Waals surface area contributed by atoms with Gasteiger partial charge < -0.3 is 9.47 Å². The van der Waals surface area contributed by atoms with Crippen molar-refractivity contribution in [1.29, 1.82) is 0 Å². The quantitative estimate of drug-likeness (QED) is 0.591. The number of ether oxygens (including phenoxy) is 2. The molecule has 2 nitrogen and oxygen atoms in total. The minimum atomic E-state index is 0.0209. The molecule has 2 fully saturated rings. The Labute approximate surface area is 146 Å². The third-order valence-corrected chi connectivity index (χ3v) is 6.23. The Bertz CT molecular complexity index is 429. The van der Waals surface area contributed by atoms with E-state index in [0.717, 1.165) is 44.8 Å². The summed E-state index contributed by atoms with van der Waals surface area (Å²) in [6.07, 6.45) is 16.1. The molecule has 1 aliphatic heterocycles. The van der Waals surface area contributed by atoms with Crippen molar-refractivity contribution in [1.82, 2.24) is 0 Å². The van der Waals surface area contributed by atoms with Gasteiger partial charge in [0.15, 0.2) is 6.29 Å². The molecule has 0 spiro atoms. The minimum absolute atomic E-state index is 0.0209. The molecule has 1 saturated heterocycles. The molecule has 0 N–H and O–H groups in total. The van der Waals surface area contributed by atoms with Gasteiger partial charge in [-0.15, -0.1) is 0 Å². The van der Waals surface area contributed by atoms with Crippen LogP contribution in [0.15, 0.2) is 24.1 Å². The number of hydrogen-bond acceptors (Lipinski definition) is 2. The summed E-state index contributed by atoms with van der Waals surface area (Å²) in [5, 5.41) is 0. The number of hydrogen-bond donors (Lipinski definition) is 0. The van der Waals surface area contributed by atoms with Crippen LogP contribution < -0.4 is 0 Å². The second-order valence-electron chi connectivity index (χ2n) is 7.91. The van der Waals surface area contributed by atoms with Gasteiger partial charge >= 0.3 is 0 Å². The van der Waals surface area contributed by atoms with E-state index in [2.05, 4.69) is 19.1 Å². The van der Waals surface area contributed by atoms with E-state index >= 15 is 0 Å². The van der Waals surface area contributed by atoms with E-state index in [4.69, 9.17) is 9.47 Å². The Balaban J connectivity index is 1.37. The molecule has 3 heteroatoms. The van der Waals surface area contributed by atoms with Crippen LogP contribution in [0.3, 0.4) is 0 Å². The number of allylic oxidation sites excluding steroid dienone is 4. The molecule has 0 aromatic carbocycles. The summed E-state index contributed by atoms with van der Waals surface area (Å²) in [5.41, 5.74) is 0. The third-order valence-electron chi connectivity index (χ3n) is 6.23. The molecule has 1 unspecified atom stereocenters. The molecule has 1 saturated carbocycles. The van der Waals surface area contributed by atoms with Crippen LogP contribution in [-0.4, -0.2) is 19.5 Å². The summed E-state index contributed by atoms with van der Waals surface area (Å²) < 4.78 is 25.3. The number of rotatable bonds is 5. The standard InChI is InChI=1S/C21H33FO2/c1-2-3-4-5-16-14-23-21(24-15-16)19-8-6-17(7-9-19)18-10-12-20(22)13-11-18/h2-3,12,16-19,21H,4-11,13-15H2,1H3/b3-2+/t16-,17-,18?,19-,21-. The monoisotopic (exact) mass is 336 g/mol. The Morgan fingerprint density at radius 3 is 2.38 bits per heavy atom. The van der Waals surface area contributed by atoms with Crippen molar-refractivity contribution in [2.45, 2.75) is 71.0 Å². The van der Waals surface area contributed by atoms with Gasteiger partial charge in [0.1, 0.15) is 0 Å². The predicted molar refractivity (Wildman–Crippen MR) is 95.2 cm³/mol. The fraction of sp³-hybridized carbons (Fsp3) is 0.810. The van der Waals surface area contributed by atoms with Gasteiger partial charge in [0.05, 0.1) is 19.0 Å². The van der Waals surface area contributed by atoms with Crippen molar-refractivity contribution in [3.63, 3.8) is 0 Å². The minimum Gasteiger partial charge on any atom is -0.352 e. The van der Waals surface area contributed by atoms with Crippen LogP contribution in [0.5, 0.6) is 0 Å². The maximum absolute atomic E-state index is 13.2. The third kappa shape index (κ3) is 4.92. The molecule has 1 heterocycles. The molecule has 0 aromatic rings. The summed E-state index contributed by atoms with van der Waals surface area (Å²) >= 11 is 0. The van der Waals surface area contributed by atoms with E-state index < -0.39 is 0 Å². The van der Waals surface area contributed by atoms with Crippen LogP contribution in [0.2, 0.25) is 0 Å². The lowest BCUT2D eigenvalue weighted by molar-refractivity contribution is -0.230. The summed E-state index contributed by atoms with van der Waals surface area (Å²) in [6, 6.07) is 0. The lowest BCUT2D eigenvalue weighted by atomic mass is 9.72. The SMILES string of the molecule is C/C=C/CC[C@H]1CO[C@H]([C@H]2CC[C@H](C3CC=C(F)CC3)CC2)OC1. The van der Waals surface area contributed by atoms with Crippen molar-refractivity contribution in [3.05, 3.63) is 24.1 Å².